The molecule has 0 fully saturated rings. The Labute approximate surface area is 334 Å². The maximum atomic E-state index is 5.04. The highest BCUT2D eigenvalue weighted by atomic mass is 15.0. The minimum atomic E-state index is 0.939. The molecule has 4 nitrogen and oxygen atoms in total. The summed E-state index contributed by atoms with van der Waals surface area (Å²) in [6, 6.07) is 69.7. The number of hydrogen-bond acceptors (Lipinski definition) is 2. The minimum Gasteiger partial charge on any atom is -0.299 e. The molecule has 0 aliphatic carbocycles. The second-order valence-corrected chi connectivity index (χ2v) is 15.1. The van der Waals surface area contributed by atoms with Crippen LogP contribution in [0.4, 0.5) is 0 Å². The van der Waals surface area contributed by atoms with Crippen LogP contribution in [0.3, 0.4) is 0 Å². The third kappa shape index (κ3) is 5.16. The summed E-state index contributed by atoms with van der Waals surface area (Å²) in [6.07, 6.45) is 4.20. The fourth-order valence-corrected chi connectivity index (χ4v) is 8.95. The SMILES string of the molecule is c1ccc(-c2nc3ccccn3c2-c2ccc(-c3cc4ccc5cc(-c6ccc(-c7c(-c8ccccc8)nc8ccccn78)cc6)cc6ccc(c3)c4c56)cc2)cc1. The van der Waals surface area contributed by atoms with Crippen LogP contribution in [0.5, 0.6) is 0 Å². The molecule has 0 aliphatic rings. The van der Waals surface area contributed by atoms with E-state index in [9.17, 15) is 0 Å². The fraction of sp³-hybridized carbons (Fsp3) is 0. The van der Waals surface area contributed by atoms with Crippen LogP contribution in [0, 0.1) is 0 Å². The van der Waals surface area contributed by atoms with E-state index in [-0.39, 0.29) is 0 Å². The van der Waals surface area contributed by atoms with Gasteiger partial charge in [-0.2, -0.15) is 0 Å². The zero-order chi connectivity index (χ0) is 38.2. The molecule has 270 valence electrons. The van der Waals surface area contributed by atoms with Crippen LogP contribution in [0.25, 0.3) is 111 Å². The van der Waals surface area contributed by atoms with Crippen molar-refractivity contribution in [2.45, 2.75) is 0 Å². The molecule has 0 saturated carbocycles. The molecule has 58 heavy (non-hydrogen) atoms. The van der Waals surface area contributed by atoms with Crippen molar-refractivity contribution in [2.75, 3.05) is 0 Å². The highest BCUT2D eigenvalue weighted by molar-refractivity contribution is 6.24. The highest BCUT2D eigenvalue weighted by Crippen LogP contribution is 2.41. The Hall–Kier alpha value is -7.82. The Morgan fingerprint density at radius 2 is 0.621 bits per heavy atom. The van der Waals surface area contributed by atoms with Crippen molar-refractivity contribution < 1.29 is 0 Å². The molecular formula is C54H34N4. The molecule has 4 heteroatoms. The predicted molar refractivity (Wildman–Crippen MR) is 240 cm³/mol. The minimum absolute atomic E-state index is 0.939. The molecule has 0 bridgehead atoms. The van der Waals surface area contributed by atoms with Crippen LogP contribution in [0.1, 0.15) is 0 Å². The van der Waals surface area contributed by atoms with Crippen molar-refractivity contribution in [1.29, 1.82) is 0 Å². The Morgan fingerprint density at radius 1 is 0.276 bits per heavy atom. The molecule has 0 amide bonds. The second-order valence-electron chi connectivity index (χ2n) is 15.1. The lowest BCUT2D eigenvalue weighted by Crippen LogP contribution is -1.90. The van der Waals surface area contributed by atoms with E-state index in [1.54, 1.807) is 0 Å². The van der Waals surface area contributed by atoms with E-state index >= 15 is 0 Å². The monoisotopic (exact) mass is 738 g/mol. The van der Waals surface area contributed by atoms with E-state index in [1.807, 2.05) is 24.3 Å². The first-order valence-electron chi connectivity index (χ1n) is 19.7. The zero-order valence-electron chi connectivity index (χ0n) is 31.4. The largest absolute Gasteiger partial charge is 0.299 e. The molecule has 0 saturated heterocycles. The van der Waals surface area contributed by atoms with Gasteiger partial charge in [-0.1, -0.05) is 146 Å². The molecule has 0 spiro atoms. The topological polar surface area (TPSA) is 34.6 Å². The summed E-state index contributed by atoms with van der Waals surface area (Å²) < 4.78 is 4.38. The summed E-state index contributed by atoms with van der Waals surface area (Å²) in [7, 11) is 0. The van der Waals surface area contributed by atoms with E-state index < -0.39 is 0 Å². The standard InChI is InChI=1S/C54H34N4/c1-3-11-37(12-4-1)51-53(57-29-9-7-15-47(57)55-51)39-21-17-35(18-22-39)45-31-41-25-27-43-33-46(34-44-28-26-42(32-45)49(41)50(43)44)36-19-23-40(24-20-36)54-52(38-13-5-2-6-14-38)56-48-16-8-10-30-58(48)54/h1-34H. The number of nitrogens with zero attached hydrogens (tertiary/aromatic N) is 4. The van der Waals surface area contributed by atoms with Gasteiger partial charge in [-0.05, 0) is 103 Å². The number of pyridine rings is 2. The van der Waals surface area contributed by atoms with E-state index in [2.05, 4.69) is 191 Å². The van der Waals surface area contributed by atoms with E-state index in [0.717, 1.165) is 56.3 Å². The van der Waals surface area contributed by atoms with Crippen LogP contribution >= 0.6 is 0 Å². The van der Waals surface area contributed by atoms with Gasteiger partial charge in [0.1, 0.15) is 11.3 Å². The average Bonchev–Trinajstić information content (AvgIpc) is 3.88. The van der Waals surface area contributed by atoms with Crippen molar-refractivity contribution in [2.24, 2.45) is 0 Å². The number of fused-ring (bicyclic) bond motifs is 2. The molecule has 8 aromatic carbocycles. The number of rotatable bonds is 6. The molecule has 12 aromatic rings. The van der Waals surface area contributed by atoms with Gasteiger partial charge >= 0.3 is 0 Å². The van der Waals surface area contributed by atoms with E-state index in [1.165, 1.54) is 54.6 Å². The lowest BCUT2D eigenvalue weighted by molar-refractivity contribution is 1.19. The summed E-state index contributed by atoms with van der Waals surface area (Å²) in [6.45, 7) is 0. The second kappa shape index (κ2) is 12.9. The summed E-state index contributed by atoms with van der Waals surface area (Å²) in [5.74, 6) is 0. The van der Waals surface area contributed by atoms with Crippen LogP contribution < -0.4 is 0 Å². The molecule has 0 aliphatic heterocycles. The van der Waals surface area contributed by atoms with Gasteiger partial charge in [0.15, 0.2) is 0 Å². The lowest BCUT2D eigenvalue weighted by atomic mass is 9.89. The van der Waals surface area contributed by atoms with Crippen molar-refractivity contribution in [3.05, 3.63) is 207 Å². The average molecular weight is 739 g/mol. The molecule has 4 aromatic heterocycles. The summed E-state index contributed by atoms with van der Waals surface area (Å²) in [4.78, 5) is 10.1. The summed E-state index contributed by atoms with van der Waals surface area (Å²) >= 11 is 0. The normalized spacial score (nSPS) is 11.8. The Bertz CT molecular complexity index is 3170. The highest BCUT2D eigenvalue weighted by Gasteiger charge is 2.18. The van der Waals surface area contributed by atoms with Gasteiger partial charge in [-0.25, -0.2) is 9.97 Å². The van der Waals surface area contributed by atoms with Crippen LogP contribution in [0.15, 0.2) is 207 Å². The van der Waals surface area contributed by atoms with Gasteiger partial charge in [0.05, 0.1) is 22.8 Å². The van der Waals surface area contributed by atoms with Crippen molar-refractivity contribution in [3.63, 3.8) is 0 Å². The summed E-state index contributed by atoms with van der Waals surface area (Å²) in [5.41, 5.74) is 15.3. The van der Waals surface area contributed by atoms with E-state index in [4.69, 9.17) is 9.97 Å². The molecule has 12 rings (SSSR count). The Kier molecular flexibility index (Phi) is 7.20. The predicted octanol–water partition coefficient (Wildman–Crippen LogP) is 13.9. The van der Waals surface area contributed by atoms with Gasteiger partial charge in [0.25, 0.3) is 0 Å². The van der Waals surface area contributed by atoms with Gasteiger partial charge in [0.2, 0.25) is 0 Å². The van der Waals surface area contributed by atoms with Gasteiger partial charge in [-0.15, -0.1) is 0 Å². The van der Waals surface area contributed by atoms with Crippen LogP contribution in [-0.4, -0.2) is 18.8 Å². The van der Waals surface area contributed by atoms with Gasteiger partial charge in [0, 0.05) is 34.6 Å². The third-order valence-corrected chi connectivity index (χ3v) is 11.7. The molecule has 0 radical (unpaired) electrons. The summed E-state index contributed by atoms with van der Waals surface area (Å²) in [5, 5.41) is 7.64. The first-order chi connectivity index (χ1) is 28.7. The smallest absolute Gasteiger partial charge is 0.137 e. The van der Waals surface area contributed by atoms with Gasteiger partial charge < -0.3 is 0 Å². The number of imidazole rings is 2. The Balaban J connectivity index is 0.896. The number of hydrogen-bond donors (Lipinski definition) is 0. The fourth-order valence-electron chi connectivity index (χ4n) is 8.95. The van der Waals surface area contributed by atoms with E-state index in [0.29, 0.717) is 0 Å². The Morgan fingerprint density at radius 3 is 1.00 bits per heavy atom. The number of aromatic nitrogens is 4. The maximum Gasteiger partial charge on any atom is 0.137 e. The van der Waals surface area contributed by atoms with Crippen LogP contribution in [0.2, 0.25) is 0 Å². The van der Waals surface area contributed by atoms with Crippen molar-refractivity contribution >= 4 is 43.6 Å². The van der Waals surface area contributed by atoms with Crippen molar-refractivity contribution in [1.82, 2.24) is 18.8 Å². The third-order valence-electron chi connectivity index (χ3n) is 11.7. The first kappa shape index (κ1) is 32.4. The molecule has 0 atom stereocenters. The van der Waals surface area contributed by atoms with Crippen LogP contribution in [-0.2, 0) is 0 Å². The molecule has 4 heterocycles. The maximum absolute atomic E-state index is 5.04. The lowest BCUT2D eigenvalue weighted by Gasteiger charge is -2.15. The molecule has 0 N–H and O–H groups in total. The van der Waals surface area contributed by atoms with Crippen molar-refractivity contribution in [3.8, 4) is 67.3 Å². The van der Waals surface area contributed by atoms with Gasteiger partial charge in [-0.3, -0.25) is 8.80 Å². The molecule has 0 unspecified atom stereocenters. The first-order valence-corrected chi connectivity index (χ1v) is 19.7. The quantitative estimate of drug-likeness (QED) is 0.159. The number of benzene rings is 8. The molecular weight excluding hydrogens is 705 g/mol. The zero-order valence-corrected chi connectivity index (χ0v) is 31.4.